The standard InChI is InChI=1S/C27H24ClN5O5S/c1-36-22-7-3-8-23(37-2)26(22)33-25(31-32-27(33)24-9-5-12-38-24)17-39(34,35)13-10-21-20(14-19(28)16-30-21)18-6-4-11-29-15-18/h3-9,11-12,14-16H,10,13,17H2,1-2H3. The fourth-order valence-electron chi connectivity index (χ4n) is 4.22. The molecule has 0 spiro atoms. The second kappa shape index (κ2) is 11.3. The molecule has 12 heteroatoms. The molecule has 0 aliphatic carbocycles. The van der Waals surface area contributed by atoms with Crippen molar-refractivity contribution in [3.05, 3.63) is 89.9 Å². The van der Waals surface area contributed by atoms with E-state index in [0.717, 1.165) is 11.1 Å². The normalized spacial score (nSPS) is 11.5. The summed E-state index contributed by atoms with van der Waals surface area (Å²) in [7, 11) is -0.654. The number of rotatable bonds is 10. The molecule has 200 valence electrons. The molecular weight excluding hydrogens is 542 g/mol. The molecule has 0 atom stereocenters. The summed E-state index contributed by atoms with van der Waals surface area (Å²) in [4.78, 5) is 8.56. The van der Waals surface area contributed by atoms with E-state index in [4.69, 9.17) is 25.5 Å². The first-order valence-electron chi connectivity index (χ1n) is 11.8. The molecule has 39 heavy (non-hydrogen) atoms. The van der Waals surface area contributed by atoms with E-state index >= 15 is 0 Å². The zero-order chi connectivity index (χ0) is 27.4. The molecular formula is C27H24ClN5O5S. The van der Waals surface area contributed by atoms with E-state index in [1.54, 1.807) is 59.4 Å². The van der Waals surface area contributed by atoms with Gasteiger partial charge < -0.3 is 13.9 Å². The van der Waals surface area contributed by atoms with Crippen molar-refractivity contribution in [2.24, 2.45) is 0 Å². The number of ether oxygens (including phenoxy) is 2. The van der Waals surface area contributed by atoms with Crippen LogP contribution >= 0.6 is 11.6 Å². The number of pyridine rings is 2. The second-order valence-electron chi connectivity index (χ2n) is 8.50. The van der Waals surface area contributed by atoms with Crippen LogP contribution in [-0.4, -0.2) is 53.1 Å². The fraction of sp³-hybridized carbons (Fsp3) is 0.185. The number of nitrogens with zero attached hydrogens (tertiary/aromatic N) is 5. The number of benzene rings is 1. The Bertz CT molecular complexity index is 1670. The lowest BCUT2D eigenvalue weighted by Crippen LogP contribution is -2.16. The topological polar surface area (TPSA) is 122 Å². The molecule has 0 radical (unpaired) electrons. The van der Waals surface area contributed by atoms with Crippen molar-refractivity contribution >= 4 is 21.4 Å². The Kier molecular flexibility index (Phi) is 7.62. The van der Waals surface area contributed by atoms with Crippen LogP contribution in [0.15, 0.2) is 77.8 Å². The van der Waals surface area contributed by atoms with Gasteiger partial charge in [0.25, 0.3) is 0 Å². The maximum atomic E-state index is 13.4. The Hall–Kier alpha value is -4.22. The Balaban J connectivity index is 1.50. The molecule has 0 saturated heterocycles. The number of hydrogen-bond donors (Lipinski definition) is 0. The van der Waals surface area contributed by atoms with Crippen molar-refractivity contribution in [3.63, 3.8) is 0 Å². The van der Waals surface area contributed by atoms with Crippen LogP contribution in [0.25, 0.3) is 28.4 Å². The van der Waals surface area contributed by atoms with Gasteiger partial charge >= 0.3 is 0 Å². The zero-order valence-electron chi connectivity index (χ0n) is 21.1. The summed E-state index contributed by atoms with van der Waals surface area (Å²) in [5.74, 6) is 1.23. The second-order valence-corrected chi connectivity index (χ2v) is 11.1. The molecule has 0 bridgehead atoms. The van der Waals surface area contributed by atoms with E-state index in [1.807, 2.05) is 6.07 Å². The van der Waals surface area contributed by atoms with Crippen LogP contribution in [-0.2, 0) is 22.0 Å². The van der Waals surface area contributed by atoms with Gasteiger partial charge in [0.05, 0.1) is 31.3 Å². The summed E-state index contributed by atoms with van der Waals surface area (Å²) in [6, 6.07) is 14.1. The zero-order valence-corrected chi connectivity index (χ0v) is 22.7. The van der Waals surface area contributed by atoms with E-state index in [1.165, 1.54) is 26.7 Å². The summed E-state index contributed by atoms with van der Waals surface area (Å²) in [5.41, 5.74) is 2.58. The third-order valence-electron chi connectivity index (χ3n) is 6.01. The number of halogens is 1. The van der Waals surface area contributed by atoms with Gasteiger partial charge in [-0.1, -0.05) is 23.7 Å². The summed E-state index contributed by atoms with van der Waals surface area (Å²) in [6.07, 6.45) is 6.52. The highest BCUT2D eigenvalue weighted by Gasteiger charge is 2.27. The molecule has 4 heterocycles. The average molecular weight is 566 g/mol. The molecule has 1 aromatic carbocycles. The summed E-state index contributed by atoms with van der Waals surface area (Å²) >= 11 is 6.19. The number of methoxy groups -OCH3 is 2. The average Bonchev–Trinajstić information content (AvgIpc) is 3.62. The molecule has 5 rings (SSSR count). The Morgan fingerprint density at radius 2 is 1.79 bits per heavy atom. The van der Waals surface area contributed by atoms with Gasteiger partial charge in [-0.15, -0.1) is 10.2 Å². The van der Waals surface area contributed by atoms with Gasteiger partial charge in [-0.3, -0.25) is 14.5 Å². The molecule has 0 unspecified atom stereocenters. The maximum Gasteiger partial charge on any atom is 0.204 e. The first-order chi connectivity index (χ1) is 18.9. The van der Waals surface area contributed by atoms with Crippen LogP contribution < -0.4 is 9.47 Å². The third kappa shape index (κ3) is 5.64. The van der Waals surface area contributed by atoms with E-state index in [2.05, 4.69) is 20.2 Å². The summed E-state index contributed by atoms with van der Waals surface area (Å²) in [6.45, 7) is 0. The van der Waals surface area contributed by atoms with Crippen LogP contribution in [0.1, 0.15) is 11.5 Å². The van der Waals surface area contributed by atoms with Gasteiger partial charge in [-0.2, -0.15) is 0 Å². The first-order valence-corrected chi connectivity index (χ1v) is 14.0. The highest BCUT2D eigenvalue weighted by Crippen LogP contribution is 2.36. The van der Waals surface area contributed by atoms with Crippen LogP contribution in [0.3, 0.4) is 0 Å². The fourth-order valence-corrected chi connectivity index (χ4v) is 5.61. The van der Waals surface area contributed by atoms with Gasteiger partial charge in [0, 0.05) is 41.8 Å². The summed E-state index contributed by atoms with van der Waals surface area (Å²) < 4.78 is 45.2. The van der Waals surface area contributed by atoms with Crippen molar-refractivity contribution in [1.29, 1.82) is 0 Å². The molecule has 10 nitrogen and oxygen atoms in total. The molecule has 4 aromatic heterocycles. The lowest BCUT2D eigenvalue weighted by atomic mass is 10.0. The SMILES string of the molecule is COc1cccc(OC)c1-n1c(CS(=O)(=O)CCc2ncc(Cl)cc2-c2cccnc2)nnc1-c1ccco1. The Morgan fingerprint density at radius 1 is 1.00 bits per heavy atom. The first kappa shape index (κ1) is 26.4. The Labute approximate surface area is 230 Å². The van der Waals surface area contributed by atoms with Gasteiger partial charge in [0.15, 0.2) is 21.4 Å². The molecule has 5 aromatic rings. The van der Waals surface area contributed by atoms with Crippen LogP contribution in [0, 0.1) is 0 Å². The Morgan fingerprint density at radius 3 is 2.46 bits per heavy atom. The van der Waals surface area contributed by atoms with Crippen molar-refractivity contribution in [2.75, 3.05) is 20.0 Å². The van der Waals surface area contributed by atoms with Crippen LogP contribution in [0.5, 0.6) is 11.5 Å². The number of hydrogen-bond acceptors (Lipinski definition) is 9. The minimum Gasteiger partial charge on any atom is -0.494 e. The highest BCUT2D eigenvalue weighted by atomic mass is 35.5. The quantitative estimate of drug-likeness (QED) is 0.235. The van der Waals surface area contributed by atoms with Crippen molar-refractivity contribution < 1.29 is 22.3 Å². The van der Waals surface area contributed by atoms with E-state index in [9.17, 15) is 8.42 Å². The molecule has 0 fully saturated rings. The third-order valence-corrected chi connectivity index (χ3v) is 7.74. The van der Waals surface area contributed by atoms with Gasteiger partial charge in [-0.05, 0) is 36.4 Å². The van der Waals surface area contributed by atoms with Gasteiger partial charge in [0.2, 0.25) is 5.82 Å². The molecule has 0 saturated carbocycles. The minimum atomic E-state index is -3.69. The summed E-state index contributed by atoms with van der Waals surface area (Å²) in [5, 5.41) is 8.95. The molecule has 0 N–H and O–H groups in total. The predicted molar refractivity (Wildman–Crippen MR) is 146 cm³/mol. The van der Waals surface area contributed by atoms with Gasteiger partial charge in [-0.25, -0.2) is 8.42 Å². The predicted octanol–water partition coefficient (Wildman–Crippen LogP) is 4.81. The van der Waals surface area contributed by atoms with Gasteiger partial charge in [0.1, 0.15) is 22.9 Å². The number of para-hydroxylation sites is 1. The largest absolute Gasteiger partial charge is 0.494 e. The van der Waals surface area contributed by atoms with Crippen LogP contribution in [0.2, 0.25) is 5.02 Å². The molecule has 0 aliphatic heterocycles. The highest BCUT2D eigenvalue weighted by molar-refractivity contribution is 7.90. The van der Waals surface area contributed by atoms with Crippen molar-refractivity contribution in [2.45, 2.75) is 12.2 Å². The monoisotopic (exact) mass is 565 g/mol. The molecule has 0 amide bonds. The maximum absolute atomic E-state index is 13.4. The van der Waals surface area contributed by atoms with E-state index < -0.39 is 15.6 Å². The lowest BCUT2D eigenvalue weighted by Gasteiger charge is -2.17. The van der Waals surface area contributed by atoms with E-state index in [-0.39, 0.29) is 18.0 Å². The van der Waals surface area contributed by atoms with Crippen LogP contribution in [0.4, 0.5) is 0 Å². The minimum absolute atomic E-state index is 0.168. The number of aryl methyl sites for hydroxylation is 1. The smallest absolute Gasteiger partial charge is 0.204 e. The lowest BCUT2D eigenvalue weighted by molar-refractivity contribution is 0.390. The van der Waals surface area contributed by atoms with Crippen molar-refractivity contribution in [3.8, 4) is 39.9 Å². The van der Waals surface area contributed by atoms with E-state index in [0.29, 0.717) is 39.5 Å². The number of aromatic nitrogens is 5. The number of furan rings is 1. The number of sulfone groups is 1. The van der Waals surface area contributed by atoms with Crippen molar-refractivity contribution in [1.82, 2.24) is 24.7 Å². The molecule has 0 aliphatic rings.